The van der Waals surface area contributed by atoms with Crippen LogP contribution in [0.2, 0.25) is 0 Å². The smallest absolute Gasteiger partial charge is 0.257 e. The number of aryl methyl sites for hydroxylation is 1. The molecule has 2 aromatic rings. The van der Waals surface area contributed by atoms with Gasteiger partial charge < -0.3 is 5.32 Å². The largest absolute Gasteiger partial charge is 0.305 e. The summed E-state index contributed by atoms with van der Waals surface area (Å²) in [6.45, 7) is 1.88. The van der Waals surface area contributed by atoms with Crippen molar-refractivity contribution in [3.05, 3.63) is 50.8 Å². The van der Waals surface area contributed by atoms with Crippen LogP contribution in [0.1, 0.15) is 15.9 Å². The van der Waals surface area contributed by atoms with Crippen molar-refractivity contribution in [3.8, 4) is 0 Å². The Balaban J connectivity index is 2.21. The summed E-state index contributed by atoms with van der Waals surface area (Å²) in [6, 6.07) is 5.55. The minimum atomic E-state index is -0.203. The highest BCUT2D eigenvalue weighted by Crippen LogP contribution is 2.17. The lowest BCUT2D eigenvalue weighted by Crippen LogP contribution is -2.14. The van der Waals surface area contributed by atoms with Crippen molar-refractivity contribution in [2.24, 2.45) is 0 Å². The van der Waals surface area contributed by atoms with Gasteiger partial charge >= 0.3 is 0 Å². The molecule has 0 saturated heterocycles. The summed E-state index contributed by atoms with van der Waals surface area (Å²) < 4.78 is 1.49. The zero-order valence-electron chi connectivity index (χ0n) is 9.45. The number of carbonyl (C=O) groups is 1. The number of amides is 1. The number of rotatable bonds is 2. The van der Waals surface area contributed by atoms with Gasteiger partial charge in [-0.2, -0.15) is 0 Å². The number of nitrogens with zero attached hydrogens (tertiary/aromatic N) is 2. The SMILES string of the molecule is Cc1ccc(Br)cc1C(=O)Nc1cnc(Br)cn1. The summed E-state index contributed by atoms with van der Waals surface area (Å²) in [5.74, 6) is 0.216. The van der Waals surface area contributed by atoms with Crippen LogP contribution in [-0.2, 0) is 0 Å². The van der Waals surface area contributed by atoms with Gasteiger partial charge in [0.05, 0.1) is 12.4 Å². The van der Waals surface area contributed by atoms with E-state index in [9.17, 15) is 4.79 Å². The topological polar surface area (TPSA) is 54.9 Å². The minimum Gasteiger partial charge on any atom is -0.305 e. The highest BCUT2D eigenvalue weighted by molar-refractivity contribution is 9.10. The van der Waals surface area contributed by atoms with Crippen LogP contribution in [-0.4, -0.2) is 15.9 Å². The zero-order chi connectivity index (χ0) is 13.1. The molecule has 0 aliphatic heterocycles. The first-order valence-electron chi connectivity index (χ1n) is 5.11. The van der Waals surface area contributed by atoms with Gasteiger partial charge in [0.15, 0.2) is 5.82 Å². The van der Waals surface area contributed by atoms with E-state index in [0.29, 0.717) is 16.0 Å². The Hall–Kier alpha value is -1.27. The average Bonchev–Trinajstić information content (AvgIpc) is 2.35. The van der Waals surface area contributed by atoms with E-state index < -0.39 is 0 Å². The lowest BCUT2D eigenvalue weighted by molar-refractivity contribution is 0.102. The Morgan fingerprint density at radius 1 is 1.22 bits per heavy atom. The van der Waals surface area contributed by atoms with E-state index in [0.717, 1.165) is 10.0 Å². The number of aromatic nitrogens is 2. The molecule has 0 saturated carbocycles. The fraction of sp³-hybridized carbons (Fsp3) is 0.0833. The van der Waals surface area contributed by atoms with E-state index in [1.165, 1.54) is 12.4 Å². The van der Waals surface area contributed by atoms with Gasteiger partial charge in [-0.25, -0.2) is 9.97 Å². The van der Waals surface area contributed by atoms with Crippen molar-refractivity contribution < 1.29 is 4.79 Å². The van der Waals surface area contributed by atoms with Gasteiger partial charge in [-0.1, -0.05) is 22.0 Å². The molecule has 0 unspecified atom stereocenters. The first-order valence-corrected chi connectivity index (χ1v) is 6.70. The van der Waals surface area contributed by atoms with Gasteiger partial charge in [-0.3, -0.25) is 4.79 Å². The molecule has 0 bridgehead atoms. The molecule has 6 heteroatoms. The van der Waals surface area contributed by atoms with Crippen molar-refractivity contribution >= 4 is 43.6 Å². The van der Waals surface area contributed by atoms with E-state index in [1.54, 1.807) is 6.07 Å². The molecule has 1 N–H and O–H groups in total. The molecule has 1 amide bonds. The van der Waals surface area contributed by atoms with Crippen molar-refractivity contribution in [3.63, 3.8) is 0 Å². The molecule has 0 atom stereocenters. The normalized spacial score (nSPS) is 10.2. The van der Waals surface area contributed by atoms with Gasteiger partial charge in [0, 0.05) is 10.0 Å². The molecular formula is C12H9Br2N3O. The summed E-state index contributed by atoms with van der Waals surface area (Å²) in [5.41, 5.74) is 1.51. The molecule has 0 radical (unpaired) electrons. The maximum atomic E-state index is 12.1. The number of hydrogen-bond acceptors (Lipinski definition) is 3. The molecule has 0 aliphatic carbocycles. The van der Waals surface area contributed by atoms with Crippen molar-refractivity contribution in [1.82, 2.24) is 9.97 Å². The third-order valence-electron chi connectivity index (χ3n) is 2.31. The van der Waals surface area contributed by atoms with E-state index in [4.69, 9.17) is 0 Å². The summed E-state index contributed by atoms with van der Waals surface area (Å²) in [6.07, 6.45) is 3.03. The second-order valence-corrected chi connectivity index (χ2v) is 5.37. The number of hydrogen-bond donors (Lipinski definition) is 1. The Morgan fingerprint density at radius 2 is 2.00 bits per heavy atom. The van der Waals surface area contributed by atoms with Crippen molar-refractivity contribution in [2.45, 2.75) is 6.92 Å². The second-order valence-electron chi connectivity index (χ2n) is 3.64. The number of halogens is 2. The van der Waals surface area contributed by atoms with Crippen molar-refractivity contribution in [2.75, 3.05) is 5.32 Å². The number of carbonyl (C=O) groups excluding carboxylic acids is 1. The predicted molar refractivity (Wildman–Crippen MR) is 76.6 cm³/mol. The van der Waals surface area contributed by atoms with Crippen LogP contribution in [0, 0.1) is 6.92 Å². The molecule has 18 heavy (non-hydrogen) atoms. The van der Waals surface area contributed by atoms with E-state index >= 15 is 0 Å². The fourth-order valence-corrected chi connectivity index (χ4v) is 1.97. The monoisotopic (exact) mass is 369 g/mol. The highest BCUT2D eigenvalue weighted by atomic mass is 79.9. The van der Waals surface area contributed by atoms with E-state index in [2.05, 4.69) is 47.1 Å². The lowest BCUT2D eigenvalue weighted by Gasteiger charge is -2.07. The Kier molecular flexibility index (Phi) is 4.08. The van der Waals surface area contributed by atoms with Gasteiger partial charge in [0.1, 0.15) is 4.60 Å². The summed E-state index contributed by atoms with van der Waals surface area (Å²) in [5, 5.41) is 2.70. The van der Waals surface area contributed by atoms with Crippen LogP contribution < -0.4 is 5.32 Å². The Morgan fingerprint density at radius 3 is 2.67 bits per heavy atom. The summed E-state index contributed by atoms with van der Waals surface area (Å²) >= 11 is 6.53. The molecule has 4 nitrogen and oxygen atoms in total. The number of anilines is 1. The first-order chi connectivity index (χ1) is 8.56. The van der Waals surface area contributed by atoms with E-state index in [-0.39, 0.29) is 5.91 Å². The van der Waals surface area contributed by atoms with E-state index in [1.807, 2.05) is 19.1 Å². The van der Waals surface area contributed by atoms with Crippen LogP contribution in [0.4, 0.5) is 5.82 Å². The molecule has 1 heterocycles. The standard InChI is InChI=1S/C12H9Br2N3O/c1-7-2-3-8(13)4-9(7)12(18)17-11-6-15-10(14)5-16-11/h2-6H,1H3,(H,16,17,18). The third-order valence-corrected chi connectivity index (χ3v) is 3.21. The second kappa shape index (κ2) is 5.58. The molecule has 92 valence electrons. The lowest BCUT2D eigenvalue weighted by atomic mass is 10.1. The van der Waals surface area contributed by atoms with Gasteiger partial charge in [0.25, 0.3) is 5.91 Å². The average molecular weight is 371 g/mol. The van der Waals surface area contributed by atoms with Crippen LogP contribution >= 0.6 is 31.9 Å². The molecule has 1 aromatic heterocycles. The highest BCUT2D eigenvalue weighted by Gasteiger charge is 2.10. The number of benzene rings is 1. The molecule has 2 rings (SSSR count). The molecule has 0 spiro atoms. The quantitative estimate of drug-likeness (QED) is 0.879. The molecule has 0 aliphatic rings. The Bertz CT molecular complexity index is 584. The maximum absolute atomic E-state index is 12.1. The van der Waals surface area contributed by atoms with Crippen LogP contribution in [0.5, 0.6) is 0 Å². The predicted octanol–water partition coefficient (Wildman–Crippen LogP) is 3.56. The van der Waals surface area contributed by atoms with Gasteiger partial charge in [-0.05, 0) is 40.5 Å². The van der Waals surface area contributed by atoms with Crippen molar-refractivity contribution in [1.29, 1.82) is 0 Å². The maximum Gasteiger partial charge on any atom is 0.257 e. The van der Waals surface area contributed by atoms with Crippen LogP contribution in [0.15, 0.2) is 39.7 Å². The fourth-order valence-electron chi connectivity index (χ4n) is 1.40. The third kappa shape index (κ3) is 3.14. The molecule has 0 fully saturated rings. The molecular weight excluding hydrogens is 362 g/mol. The first kappa shape index (κ1) is 13.2. The summed E-state index contributed by atoms with van der Waals surface area (Å²) in [4.78, 5) is 20.1. The summed E-state index contributed by atoms with van der Waals surface area (Å²) in [7, 11) is 0. The zero-order valence-corrected chi connectivity index (χ0v) is 12.6. The minimum absolute atomic E-state index is 0.203. The Labute approximate surface area is 121 Å². The van der Waals surface area contributed by atoms with Gasteiger partial charge in [0.2, 0.25) is 0 Å². The number of nitrogens with one attached hydrogen (secondary N) is 1. The van der Waals surface area contributed by atoms with Gasteiger partial charge in [-0.15, -0.1) is 0 Å². The van der Waals surface area contributed by atoms with Crippen LogP contribution in [0.25, 0.3) is 0 Å². The molecule has 1 aromatic carbocycles. The van der Waals surface area contributed by atoms with Crippen LogP contribution in [0.3, 0.4) is 0 Å².